The fourth-order valence-electron chi connectivity index (χ4n) is 5.06. The topological polar surface area (TPSA) is 8.81 Å². The fourth-order valence-corrected chi connectivity index (χ4v) is 5.06. The first kappa shape index (κ1) is 24.1. The number of imidazole rings is 1. The summed E-state index contributed by atoms with van der Waals surface area (Å²) in [5, 5.41) is 0. The lowest BCUT2D eigenvalue weighted by atomic mass is 9.85. The van der Waals surface area contributed by atoms with Crippen molar-refractivity contribution in [2.24, 2.45) is 7.05 Å². The molecule has 36 heavy (non-hydrogen) atoms. The summed E-state index contributed by atoms with van der Waals surface area (Å²) < 4.78 is 4.81. The van der Waals surface area contributed by atoms with Crippen LogP contribution in [-0.2, 0) is 12.5 Å². The normalized spacial score (nSPS) is 12.0. The van der Waals surface area contributed by atoms with Crippen molar-refractivity contribution in [2.45, 2.75) is 52.9 Å². The zero-order chi connectivity index (χ0) is 25.6. The molecule has 0 spiro atoms. The summed E-state index contributed by atoms with van der Waals surface area (Å²) in [5.41, 5.74) is 11.5. The average molecular weight is 474 g/mol. The first-order valence-corrected chi connectivity index (χ1v) is 13.0. The highest BCUT2D eigenvalue weighted by Gasteiger charge is 2.28. The third-order valence-electron chi connectivity index (χ3n) is 7.38. The van der Waals surface area contributed by atoms with E-state index in [1.165, 1.54) is 55.9 Å². The third-order valence-corrected chi connectivity index (χ3v) is 7.38. The maximum absolute atomic E-state index is 2.43. The summed E-state index contributed by atoms with van der Waals surface area (Å²) in [6, 6.07) is 33.5. The van der Waals surface area contributed by atoms with Crippen LogP contribution < -0.4 is 4.57 Å². The summed E-state index contributed by atoms with van der Waals surface area (Å²) in [6.45, 7) is 13.6. The van der Waals surface area contributed by atoms with Gasteiger partial charge in [0.15, 0.2) is 11.0 Å². The number of hydrogen-bond donors (Lipinski definition) is 0. The van der Waals surface area contributed by atoms with Crippen molar-refractivity contribution in [3.63, 3.8) is 0 Å². The summed E-state index contributed by atoms with van der Waals surface area (Å²) in [7, 11) is 2.21. The van der Waals surface area contributed by atoms with E-state index in [1.54, 1.807) is 0 Å². The van der Waals surface area contributed by atoms with Crippen molar-refractivity contribution in [3.8, 4) is 28.2 Å². The Kier molecular flexibility index (Phi) is 6.08. The number of nitrogens with zero attached hydrogens (tertiary/aromatic N) is 2. The quantitative estimate of drug-likeness (QED) is 0.231. The molecule has 2 nitrogen and oxygen atoms in total. The van der Waals surface area contributed by atoms with Crippen LogP contribution in [0.5, 0.6) is 0 Å². The highest BCUT2D eigenvalue weighted by Crippen LogP contribution is 2.34. The van der Waals surface area contributed by atoms with Gasteiger partial charge in [0.25, 0.3) is 5.82 Å². The van der Waals surface area contributed by atoms with Crippen LogP contribution in [0.25, 0.3) is 39.2 Å². The molecule has 2 heteroatoms. The number of hydrogen-bond acceptors (Lipinski definition) is 0. The molecule has 0 N–H and O–H groups in total. The number of aryl methyl sites for hydroxylation is 2. The highest BCUT2D eigenvalue weighted by molar-refractivity contribution is 5.81. The van der Waals surface area contributed by atoms with Crippen molar-refractivity contribution in [1.29, 1.82) is 0 Å². The molecule has 0 aliphatic carbocycles. The predicted molar refractivity (Wildman–Crippen MR) is 153 cm³/mol. The summed E-state index contributed by atoms with van der Waals surface area (Å²) in [6.07, 6.45) is 0. The molecule has 0 saturated heterocycles. The lowest BCUT2D eigenvalue weighted by Crippen LogP contribution is -2.30. The second-order valence-electron chi connectivity index (χ2n) is 11.3. The SMILES string of the molecule is Cc1ccc(C(C)(C)C)cc1-c1n(-c2ccc(-c3ccccc3)cc2)c2ccc(C(C)C)cc2[n+]1C. The molecule has 0 aliphatic heterocycles. The van der Waals surface area contributed by atoms with Crippen LogP contribution in [0.1, 0.15) is 57.2 Å². The zero-order valence-corrected chi connectivity index (χ0v) is 22.6. The van der Waals surface area contributed by atoms with Crippen molar-refractivity contribution in [3.05, 3.63) is 108 Å². The molecule has 0 fully saturated rings. The van der Waals surface area contributed by atoms with E-state index in [0.717, 1.165) is 0 Å². The average Bonchev–Trinajstić information content (AvgIpc) is 3.15. The van der Waals surface area contributed by atoms with Gasteiger partial charge in [-0.2, -0.15) is 4.57 Å². The summed E-state index contributed by atoms with van der Waals surface area (Å²) >= 11 is 0. The van der Waals surface area contributed by atoms with Crippen LogP contribution in [0.4, 0.5) is 0 Å². The van der Waals surface area contributed by atoms with E-state index in [-0.39, 0.29) is 5.41 Å². The molecule has 0 amide bonds. The molecular formula is C34H37N2+. The Bertz CT molecular complexity index is 1530. The molecule has 0 unspecified atom stereocenters. The summed E-state index contributed by atoms with van der Waals surface area (Å²) in [5.74, 6) is 1.69. The Morgan fingerprint density at radius 1 is 0.750 bits per heavy atom. The number of fused-ring (bicyclic) bond motifs is 1. The van der Waals surface area contributed by atoms with Crippen molar-refractivity contribution >= 4 is 11.0 Å². The standard InChI is InChI=1S/C34H37N2/c1-23(2)27-16-20-31-32(21-27)35(7)33(30-22-28(34(4,5)6)17-13-24(30)3)36(31)29-18-14-26(15-19-29)25-11-9-8-10-12-25/h8-23H,1-7H3/q+1. The molecule has 5 rings (SSSR count). The molecule has 182 valence electrons. The van der Waals surface area contributed by atoms with E-state index in [1.807, 2.05) is 0 Å². The second kappa shape index (κ2) is 9.09. The van der Waals surface area contributed by atoms with Gasteiger partial charge in [0, 0.05) is 0 Å². The Morgan fingerprint density at radius 3 is 2.06 bits per heavy atom. The molecule has 0 saturated carbocycles. The van der Waals surface area contributed by atoms with Gasteiger partial charge in [-0.3, -0.25) is 0 Å². The van der Waals surface area contributed by atoms with Gasteiger partial charge in [-0.1, -0.05) is 95.3 Å². The van der Waals surface area contributed by atoms with Gasteiger partial charge in [-0.15, -0.1) is 0 Å². The molecular weight excluding hydrogens is 436 g/mol. The molecule has 1 aromatic heterocycles. The monoisotopic (exact) mass is 473 g/mol. The van der Waals surface area contributed by atoms with Gasteiger partial charge in [0.1, 0.15) is 5.69 Å². The van der Waals surface area contributed by atoms with Crippen molar-refractivity contribution in [2.75, 3.05) is 0 Å². The Morgan fingerprint density at radius 2 is 1.42 bits per heavy atom. The summed E-state index contributed by atoms with van der Waals surface area (Å²) in [4.78, 5) is 0. The number of aromatic nitrogens is 2. The van der Waals surface area contributed by atoms with Crippen LogP contribution in [0.15, 0.2) is 91.0 Å². The minimum Gasteiger partial charge on any atom is -0.225 e. The van der Waals surface area contributed by atoms with E-state index < -0.39 is 0 Å². The lowest BCUT2D eigenvalue weighted by molar-refractivity contribution is -0.633. The van der Waals surface area contributed by atoms with E-state index in [4.69, 9.17) is 0 Å². The second-order valence-corrected chi connectivity index (χ2v) is 11.3. The van der Waals surface area contributed by atoms with Crippen molar-refractivity contribution in [1.82, 2.24) is 4.57 Å². The number of rotatable bonds is 4. The van der Waals surface area contributed by atoms with Gasteiger partial charge in [-0.25, -0.2) is 4.57 Å². The Hall–Kier alpha value is -3.65. The van der Waals surface area contributed by atoms with E-state index in [2.05, 4.69) is 149 Å². The van der Waals surface area contributed by atoms with Gasteiger partial charge in [0.2, 0.25) is 0 Å². The highest BCUT2D eigenvalue weighted by atomic mass is 15.2. The molecule has 0 radical (unpaired) electrons. The van der Waals surface area contributed by atoms with Gasteiger partial charge in [-0.05, 0) is 76.4 Å². The van der Waals surface area contributed by atoms with E-state index >= 15 is 0 Å². The molecule has 5 aromatic rings. The van der Waals surface area contributed by atoms with E-state index in [9.17, 15) is 0 Å². The smallest absolute Gasteiger partial charge is 0.225 e. The van der Waals surface area contributed by atoms with E-state index in [0.29, 0.717) is 5.92 Å². The Labute approximate surface area is 215 Å². The van der Waals surface area contributed by atoms with Gasteiger partial charge < -0.3 is 0 Å². The first-order chi connectivity index (χ1) is 17.1. The molecule has 0 atom stereocenters. The van der Waals surface area contributed by atoms with Crippen LogP contribution in [0.2, 0.25) is 0 Å². The maximum atomic E-state index is 2.43. The third kappa shape index (κ3) is 4.26. The lowest BCUT2D eigenvalue weighted by Gasteiger charge is -2.20. The van der Waals surface area contributed by atoms with Crippen molar-refractivity contribution < 1.29 is 4.57 Å². The Balaban J connectivity index is 1.78. The minimum absolute atomic E-state index is 0.0833. The van der Waals surface area contributed by atoms with Gasteiger partial charge >= 0.3 is 0 Å². The fraction of sp³-hybridized carbons (Fsp3) is 0.265. The minimum atomic E-state index is 0.0833. The maximum Gasteiger partial charge on any atom is 0.295 e. The van der Waals surface area contributed by atoms with Crippen LogP contribution in [-0.4, -0.2) is 4.57 Å². The number of benzene rings is 4. The van der Waals surface area contributed by atoms with Crippen LogP contribution >= 0.6 is 0 Å². The van der Waals surface area contributed by atoms with Crippen LogP contribution in [0, 0.1) is 6.92 Å². The molecule has 0 bridgehead atoms. The predicted octanol–water partition coefficient (Wildman–Crippen LogP) is 8.52. The molecule has 4 aromatic carbocycles. The largest absolute Gasteiger partial charge is 0.295 e. The van der Waals surface area contributed by atoms with Gasteiger partial charge in [0.05, 0.1) is 12.6 Å². The first-order valence-electron chi connectivity index (χ1n) is 13.0. The van der Waals surface area contributed by atoms with Crippen LogP contribution in [0.3, 0.4) is 0 Å². The molecule has 1 heterocycles. The zero-order valence-electron chi connectivity index (χ0n) is 22.6. The molecule has 0 aliphatic rings.